The highest BCUT2D eigenvalue weighted by Gasteiger charge is 2.36. The van der Waals surface area contributed by atoms with E-state index >= 15 is 0 Å². The summed E-state index contributed by atoms with van der Waals surface area (Å²) in [5.41, 5.74) is 6.25. The van der Waals surface area contributed by atoms with Crippen molar-refractivity contribution < 1.29 is 4.79 Å². The second kappa shape index (κ2) is 5.94. The van der Waals surface area contributed by atoms with Gasteiger partial charge in [-0.2, -0.15) is 0 Å². The van der Waals surface area contributed by atoms with E-state index in [1.54, 1.807) is 0 Å². The minimum Gasteiger partial charge on any atom is -0.339 e. The number of likely N-dealkylation sites (tertiary alicyclic amines) is 1. The molecule has 0 aromatic heterocycles. The highest BCUT2D eigenvalue weighted by atomic mass is 16.2. The topological polar surface area (TPSA) is 49.6 Å². The van der Waals surface area contributed by atoms with Gasteiger partial charge in [0.25, 0.3) is 0 Å². The van der Waals surface area contributed by atoms with Crippen molar-refractivity contribution in [3.05, 3.63) is 35.9 Å². The molecule has 1 heterocycles. The first kappa shape index (κ1) is 15.0. The van der Waals surface area contributed by atoms with Crippen LogP contribution in [0.4, 0.5) is 0 Å². The van der Waals surface area contributed by atoms with Gasteiger partial charge in [-0.3, -0.25) is 4.79 Å². The van der Waals surface area contributed by atoms with E-state index < -0.39 is 5.54 Å². The first-order chi connectivity index (χ1) is 9.43. The molecule has 2 atom stereocenters. The lowest BCUT2D eigenvalue weighted by Gasteiger charge is -2.39. The summed E-state index contributed by atoms with van der Waals surface area (Å²) in [6.45, 7) is 3.39. The molecule has 0 spiro atoms. The number of hydrogen-bond acceptors (Lipinski definition) is 3. The molecule has 20 heavy (non-hydrogen) atoms. The summed E-state index contributed by atoms with van der Waals surface area (Å²) in [5, 5.41) is 0. The van der Waals surface area contributed by atoms with Crippen molar-refractivity contribution in [3.63, 3.8) is 0 Å². The van der Waals surface area contributed by atoms with Gasteiger partial charge in [0.15, 0.2) is 0 Å². The molecule has 0 aliphatic carbocycles. The number of benzene rings is 1. The molecule has 1 saturated heterocycles. The van der Waals surface area contributed by atoms with E-state index in [-0.39, 0.29) is 5.91 Å². The fraction of sp³-hybridized carbons (Fsp3) is 0.562. The maximum atomic E-state index is 12.8. The first-order valence-electron chi connectivity index (χ1n) is 7.23. The third-order valence-corrected chi connectivity index (χ3v) is 4.23. The van der Waals surface area contributed by atoms with Crippen LogP contribution >= 0.6 is 0 Å². The van der Waals surface area contributed by atoms with E-state index in [0.717, 1.165) is 31.5 Å². The Hall–Kier alpha value is -1.39. The number of hydrogen-bond donors (Lipinski definition) is 1. The monoisotopic (exact) mass is 275 g/mol. The predicted octanol–water partition coefficient (Wildman–Crippen LogP) is 1.41. The van der Waals surface area contributed by atoms with Crippen molar-refractivity contribution in [1.82, 2.24) is 9.80 Å². The molecule has 2 rings (SSSR count). The third kappa shape index (κ3) is 3.02. The van der Waals surface area contributed by atoms with Gasteiger partial charge >= 0.3 is 0 Å². The average Bonchev–Trinajstić information content (AvgIpc) is 2.47. The van der Waals surface area contributed by atoms with Crippen molar-refractivity contribution in [1.29, 1.82) is 0 Å². The van der Waals surface area contributed by atoms with E-state index in [1.807, 2.05) is 42.2 Å². The van der Waals surface area contributed by atoms with Gasteiger partial charge in [-0.15, -0.1) is 0 Å². The van der Waals surface area contributed by atoms with Crippen molar-refractivity contribution in [2.75, 3.05) is 27.2 Å². The van der Waals surface area contributed by atoms with Gasteiger partial charge in [-0.1, -0.05) is 30.3 Å². The molecule has 2 N–H and O–H groups in total. The van der Waals surface area contributed by atoms with E-state index in [9.17, 15) is 4.79 Å². The Morgan fingerprint density at radius 1 is 1.35 bits per heavy atom. The SMILES string of the molecule is CN(C)C1CCCN(C(=O)C(C)(N)c2ccccc2)C1. The second-order valence-electron chi connectivity index (χ2n) is 6.08. The number of nitrogens with zero attached hydrogens (tertiary/aromatic N) is 2. The maximum absolute atomic E-state index is 12.8. The fourth-order valence-electron chi connectivity index (χ4n) is 2.80. The smallest absolute Gasteiger partial charge is 0.247 e. The summed E-state index contributed by atoms with van der Waals surface area (Å²) in [6.07, 6.45) is 2.18. The molecule has 1 aliphatic heterocycles. The summed E-state index contributed by atoms with van der Waals surface area (Å²) in [7, 11) is 4.13. The Bertz CT molecular complexity index is 456. The predicted molar refractivity (Wildman–Crippen MR) is 81.3 cm³/mol. The molecular weight excluding hydrogens is 250 g/mol. The molecule has 0 bridgehead atoms. The van der Waals surface area contributed by atoms with Crippen LogP contribution in [0.25, 0.3) is 0 Å². The summed E-state index contributed by atoms with van der Waals surface area (Å²) in [6, 6.07) is 10.1. The Labute approximate surface area is 121 Å². The van der Waals surface area contributed by atoms with Crippen molar-refractivity contribution >= 4 is 5.91 Å². The lowest BCUT2D eigenvalue weighted by molar-refractivity contribution is -0.138. The van der Waals surface area contributed by atoms with Gasteiger partial charge in [0, 0.05) is 19.1 Å². The minimum atomic E-state index is -0.949. The van der Waals surface area contributed by atoms with Crippen LogP contribution in [0.1, 0.15) is 25.3 Å². The molecule has 110 valence electrons. The zero-order valence-corrected chi connectivity index (χ0v) is 12.7. The van der Waals surface area contributed by atoms with Gasteiger partial charge in [0.2, 0.25) is 5.91 Å². The van der Waals surface area contributed by atoms with E-state index in [0.29, 0.717) is 6.04 Å². The first-order valence-corrected chi connectivity index (χ1v) is 7.23. The Morgan fingerprint density at radius 2 is 2.00 bits per heavy atom. The largest absolute Gasteiger partial charge is 0.339 e. The second-order valence-corrected chi connectivity index (χ2v) is 6.08. The summed E-state index contributed by atoms with van der Waals surface area (Å²) < 4.78 is 0. The zero-order chi connectivity index (χ0) is 14.8. The number of likely N-dealkylation sites (N-methyl/N-ethyl adjacent to an activating group) is 1. The van der Waals surface area contributed by atoms with Crippen LogP contribution in [-0.4, -0.2) is 48.9 Å². The molecule has 1 fully saturated rings. The summed E-state index contributed by atoms with van der Waals surface area (Å²) in [5.74, 6) is 0.0234. The standard InChI is InChI=1S/C16H25N3O/c1-16(17,13-8-5-4-6-9-13)15(20)19-11-7-10-14(12-19)18(2)3/h4-6,8-9,14H,7,10-12,17H2,1-3H3. The Balaban J connectivity index is 2.14. The fourth-order valence-corrected chi connectivity index (χ4v) is 2.80. The van der Waals surface area contributed by atoms with Crippen molar-refractivity contribution in [3.8, 4) is 0 Å². The lowest BCUT2D eigenvalue weighted by atomic mass is 9.90. The Kier molecular flexibility index (Phi) is 4.45. The molecule has 1 aromatic rings. The van der Waals surface area contributed by atoms with E-state index in [2.05, 4.69) is 19.0 Å². The van der Waals surface area contributed by atoms with Crippen LogP contribution in [0.3, 0.4) is 0 Å². The molecule has 1 aliphatic rings. The van der Waals surface area contributed by atoms with Crippen LogP contribution < -0.4 is 5.73 Å². The number of carbonyl (C=O) groups excluding carboxylic acids is 1. The third-order valence-electron chi connectivity index (χ3n) is 4.23. The molecule has 0 saturated carbocycles. The molecule has 1 amide bonds. The number of carbonyl (C=O) groups is 1. The molecule has 1 aromatic carbocycles. The number of rotatable bonds is 3. The van der Waals surface area contributed by atoms with Crippen LogP contribution in [0, 0.1) is 0 Å². The van der Waals surface area contributed by atoms with Gasteiger partial charge in [0.1, 0.15) is 5.54 Å². The van der Waals surface area contributed by atoms with Gasteiger partial charge in [-0.25, -0.2) is 0 Å². The van der Waals surface area contributed by atoms with Crippen LogP contribution in [0.15, 0.2) is 30.3 Å². The molecule has 2 unspecified atom stereocenters. The number of amides is 1. The highest BCUT2D eigenvalue weighted by molar-refractivity contribution is 5.87. The summed E-state index contributed by atoms with van der Waals surface area (Å²) in [4.78, 5) is 16.9. The normalized spacial score (nSPS) is 22.6. The summed E-state index contributed by atoms with van der Waals surface area (Å²) >= 11 is 0. The lowest BCUT2D eigenvalue weighted by Crippen LogP contribution is -2.56. The minimum absolute atomic E-state index is 0.0234. The van der Waals surface area contributed by atoms with Crippen LogP contribution in [0.5, 0.6) is 0 Å². The Morgan fingerprint density at radius 3 is 2.60 bits per heavy atom. The molecular formula is C16H25N3O. The molecule has 4 heteroatoms. The van der Waals surface area contributed by atoms with Gasteiger partial charge in [0.05, 0.1) is 0 Å². The molecule has 0 radical (unpaired) electrons. The molecule has 4 nitrogen and oxygen atoms in total. The number of nitrogens with two attached hydrogens (primary N) is 1. The maximum Gasteiger partial charge on any atom is 0.247 e. The van der Waals surface area contributed by atoms with Crippen molar-refractivity contribution in [2.45, 2.75) is 31.3 Å². The van der Waals surface area contributed by atoms with Crippen LogP contribution in [0.2, 0.25) is 0 Å². The number of piperidine rings is 1. The van der Waals surface area contributed by atoms with Crippen LogP contribution in [-0.2, 0) is 10.3 Å². The van der Waals surface area contributed by atoms with Crippen molar-refractivity contribution in [2.24, 2.45) is 5.73 Å². The van der Waals surface area contributed by atoms with E-state index in [1.165, 1.54) is 0 Å². The van der Waals surface area contributed by atoms with Gasteiger partial charge in [-0.05, 0) is 39.4 Å². The quantitative estimate of drug-likeness (QED) is 0.907. The van der Waals surface area contributed by atoms with Gasteiger partial charge < -0.3 is 15.5 Å². The van der Waals surface area contributed by atoms with E-state index in [4.69, 9.17) is 5.73 Å². The average molecular weight is 275 g/mol. The highest BCUT2D eigenvalue weighted by Crippen LogP contribution is 2.23. The zero-order valence-electron chi connectivity index (χ0n) is 12.7.